The standard InChI is InChI=1S/C14H10F3NO4/c15-14(16,17)22-10-3-1-8(2-4-10)9-5-12(19)11(18-7-9)6-13(20)21/h1-5,7,19H,6H2,(H,20,21). The Morgan fingerprint density at radius 3 is 2.32 bits per heavy atom. The second-order valence-corrected chi connectivity index (χ2v) is 4.33. The summed E-state index contributed by atoms with van der Waals surface area (Å²) < 4.78 is 39.9. The third-order valence-electron chi connectivity index (χ3n) is 2.69. The number of aromatic hydroxyl groups is 1. The van der Waals surface area contributed by atoms with E-state index in [1.807, 2.05) is 0 Å². The summed E-state index contributed by atoms with van der Waals surface area (Å²) >= 11 is 0. The first-order valence-corrected chi connectivity index (χ1v) is 6.00. The molecule has 8 heteroatoms. The van der Waals surface area contributed by atoms with Gasteiger partial charge in [0.05, 0.1) is 12.1 Å². The van der Waals surface area contributed by atoms with Crippen molar-refractivity contribution in [2.24, 2.45) is 0 Å². The predicted octanol–water partition coefficient (Wildman–Crippen LogP) is 2.98. The molecule has 0 saturated heterocycles. The van der Waals surface area contributed by atoms with Crippen LogP contribution in [0.25, 0.3) is 11.1 Å². The molecule has 116 valence electrons. The second kappa shape index (κ2) is 5.92. The molecule has 0 spiro atoms. The van der Waals surface area contributed by atoms with Crippen LogP contribution in [0.5, 0.6) is 11.5 Å². The summed E-state index contributed by atoms with van der Waals surface area (Å²) in [6, 6.07) is 6.30. The van der Waals surface area contributed by atoms with Crippen molar-refractivity contribution >= 4 is 5.97 Å². The number of nitrogens with zero attached hydrogens (tertiary/aromatic N) is 1. The molecule has 0 aliphatic carbocycles. The van der Waals surface area contributed by atoms with E-state index in [1.165, 1.54) is 24.4 Å². The first-order valence-electron chi connectivity index (χ1n) is 6.00. The van der Waals surface area contributed by atoms with Crippen molar-refractivity contribution in [3.63, 3.8) is 0 Å². The molecule has 0 saturated carbocycles. The van der Waals surface area contributed by atoms with Crippen LogP contribution in [0.3, 0.4) is 0 Å². The van der Waals surface area contributed by atoms with Crippen molar-refractivity contribution in [3.05, 3.63) is 42.2 Å². The van der Waals surface area contributed by atoms with Gasteiger partial charge in [-0.15, -0.1) is 13.2 Å². The Labute approximate surface area is 122 Å². The lowest BCUT2D eigenvalue weighted by Gasteiger charge is -2.09. The number of hydrogen-bond donors (Lipinski definition) is 2. The minimum absolute atomic E-state index is 0.00766. The van der Waals surface area contributed by atoms with Crippen LogP contribution < -0.4 is 4.74 Å². The van der Waals surface area contributed by atoms with E-state index < -0.39 is 18.8 Å². The van der Waals surface area contributed by atoms with E-state index in [2.05, 4.69) is 9.72 Å². The molecule has 0 aliphatic heterocycles. The van der Waals surface area contributed by atoms with Crippen LogP contribution in [0.4, 0.5) is 13.2 Å². The van der Waals surface area contributed by atoms with Gasteiger partial charge in [-0.25, -0.2) is 0 Å². The Bertz CT molecular complexity index is 683. The molecule has 1 aromatic heterocycles. The molecule has 0 unspecified atom stereocenters. The molecule has 22 heavy (non-hydrogen) atoms. The third-order valence-corrected chi connectivity index (χ3v) is 2.69. The number of pyridine rings is 1. The summed E-state index contributed by atoms with van der Waals surface area (Å²) in [5.41, 5.74) is 0.942. The highest BCUT2D eigenvalue weighted by molar-refractivity contribution is 5.72. The number of carbonyl (C=O) groups is 1. The van der Waals surface area contributed by atoms with Gasteiger partial charge < -0.3 is 14.9 Å². The number of aromatic nitrogens is 1. The predicted molar refractivity (Wildman–Crippen MR) is 69.4 cm³/mol. The van der Waals surface area contributed by atoms with E-state index >= 15 is 0 Å². The van der Waals surface area contributed by atoms with E-state index in [4.69, 9.17) is 5.11 Å². The van der Waals surface area contributed by atoms with Crippen LogP contribution in [0.15, 0.2) is 36.5 Å². The Kier molecular flexibility index (Phi) is 4.20. The van der Waals surface area contributed by atoms with Gasteiger partial charge in [-0.3, -0.25) is 9.78 Å². The lowest BCUT2D eigenvalue weighted by atomic mass is 10.1. The fraction of sp³-hybridized carbons (Fsp3) is 0.143. The normalized spacial score (nSPS) is 11.2. The summed E-state index contributed by atoms with van der Waals surface area (Å²) in [5, 5.41) is 18.4. The number of alkyl halides is 3. The molecule has 2 N–H and O–H groups in total. The SMILES string of the molecule is O=C(O)Cc1ncc(-c2ccc(OC(F)(F)F)cc2)cc1O. The summed E-state index contributed by atoms with van der Waals surface area (Å²) in [5.74, 6) is -1.80. The molecule has 5 nitrogen and oxygen atoms in total. The Balaban J connectivity index is 2.21. The second-order valence-electron chi connectivity index (χ2n) is 4.33. The van der Waals surface area contributed by atoms with Crippen molar-refractivity contribution < 1.29 is 32.9 Å². The van der Waals surface area contributed by atoms with Crippen LogP contribution in [0.2, 0.25) is 0 Å². The number of hydrogen-bond acceptors (Lipinski definition) is 4. The van der Waals surface area contributed by atoms with E-state index in [-0.39, 0.29) is 17.2 Å². The fourth-order valence-corrected chi connectivity index (χ4v) is 1.77. The number of halogens is 3. The minimum Gasteiger partial charge on any atom is -0.506 e. The number of rotatable bonds is 4. The molecule has 0 atom stereocenters. The van der Waals surface area contributed by atoms with E-state index in [1.54, 1.807) is 0 Å². The average Bonchev–Trinajstić information content (AvgIpc) is 2.40. The number of carboxylic acids is 1. The number of benzene rings is 1. The van der Waals surface area contributed by atoms with Crippen molar-refractivity contribution in [1.29, 1.82) is 0 Å². The minimum atomic E-state index is -4.76. The highest BCUT2D eigenvalue weighted by Gasteiger charge is 2.30. The Morgan fingerprint density at radius 1 is 1.18 bits per heavy atom. The van der Waals surface area contributed by atoms with E-state index in [0.717, 1.165) is 12.1 Å². The monoisotopic (exact) mass is 313 g/mol. The molecule has 0 bridgehead atoms. The van der Waals surface area contributed by atoms with Gasteiger partial charge >= 0.3 is 12.3 Å². The molecule has 2 aromatic rings. The molecule has 0 aliphatic rings. The maximum absolute atomic E-state index is 12.1. The summed E-state index contributed by atoms with van der Waals surface area (Å²) in [7, 11) is 0. The zero-order chi connectivity index (χ0) is 16.3. The molecule has 0 radical (unpaired) electrons. The molecular weight excluding hydrogens is 303 g/mol. The van der Waals surface area contributed by atoms with Gasteiger partial charge in [0, 0.05) is 11.8 Å². The van der Waals surface area contributed by atoms with Crippen LogP contribution in [-0.4, -0.2) is 27.5 Å². The zero-order valence-corrected chi connectivity index (χ0v) is 11.0. The highest BCUT2D eigenvalue weighted by atomic mass is 19.4. The topological polar surface area (TPSA) is 79.7 Å². The molecule has 0 fully saturated rings. The zero-order valence-electron chi connectivity index (χ0n) is 11.0. The number of aliphatic carboxylic acids is 1. The van der Waals surface area contributed by atoms with Gasteiger partial charge in [-0.05, 0) is 23.8 Å². The first-order chi connectivity index (χ1) is 10.2. The van der Waals surface area contributed by atoms with Crippen LogP contribution in [0, 0.1) is 0 Å². The number of ether oxygens (including phenoxy) is 1. The van der Waals surface area contributed by atoms with Crippen molar-refractivity contribution in [2.45, 2.75) is 12.8 Å². The van der Waals surface area contributed by atoms with Crippen LogP contribution in [-0.2, 0) is 11.2 Å². The Hall–Kier alpha value is -2.77. The lowest BCUT2D eigenvalue weighted by Crippen LogP contribution is -2.16. The van der Waals surface area contributed by atoms with Crippen LogP contribution in [0.1, 0.15) is 5.69 Å². The van der Waals surface area contributed by atoms with Crippen LogP contribution >= 0.6 is 0 Å². The van der Waals surface area contributed by atoms with Gasteiger partial charge in [-0.1, -0.05) is 12.1 Å². The summed E-state index contributed by atoms with van der Waals surface area (Å²) in [6.07, 6.45) is -3.86. The van der Waals surface area contributed by atoms with E-state index in [9.17, 15) is 23.1 Å². The molecule has 0 amide bonds. The van der Waals surface area contributed by atoms with Gasteiger partial charge in [0.25, 0.3) is 0 Å². The summed E-state index contributed by atoms with van der Waals surface area (Å²) in [4.78, 5) is 14.4. The molecule has 2 rings (SSSR count). The summed E-state index contributed by atoms with van der Waals surface area (Å²) in [6.45, 7) is 0. The van der Waals surface area contributed by atoms with Gasteiger partial charge in [-0.2, -0.15) is 0 Å². The Morgan fingerprint density at radius 2 is 1.82 bits per heavy atom. The quantitative estimate of drug-likeness (QED) is 0.907. The molecular formula is C14H10F3NO4. The van der Waals surface area contributed by atoms with E-state index in [0.29, 0.717) is 11.1 Å². The van der Waals surface area contributed by atoms with Crippen molar-refractivity contribution in [3.8, 4) is 22.6 Å². The fourth-order valence-electron chi connectivity index (χ4n) is 1.77. The molecule has 1 heterocycles. The molecule has 1 aromatic carbocycles. The highest BCUT2D eigenvalue weighted by Crippen LogP contribution is 2.28. The maximum atomic E-state index is 12.1. The first kappa shape index (κ1) is 15.6. The van der Waals surface area contributed by atoms with Gasteiger partial charge in [0.2, 0.25) is 0 Å². The average molecular weight is 313 g/mol. The van der Waals surface area contributed by atoms with Crippen molar-refractivity contribution in [2.75, 3.05) is 0 Å². The van der Waals surface area contributed by atoms with Crippen molar-refractivity contribution in [1.82, 2.24) is 4.98 Å². The van der Waals surface area contributed by atoms with Gasteiger partial charge in [0.1, 0.15) is 11.5 Å². The largest absolute Gasteiger partial charge is 0.573 e. The lowest BCUT2D eigenvalue weighted by molar-refractivity contribution is -0.274. The maximum Gasteiger partial charge on any atom is 0.573 e. The third kappa shape index (κ3) is 4.11. The van der Waals surface area contributed by atoms with Gasteiger partial charge in [0.15, 0.2) is 0 Å². The smallest absolute Gasteiger partial charge is 0.506 e. The number of carboxylic acid groups (broad SMARTS) is 1.